The zero-order valence-corrected chi connectivity index (χ0v) is 14.7. The van der Waals surface area contributed by atoms with Crippen molar-refractivity contribution >= 4 is 6.09 Å². The molecule has 1 atom stereocenters. The minimum atomic E-state index is -0.492. The Labute approximate surface area is 141 Å². The van der Waals surface area contributed by atoms with E-state index in [4.69, 9.17) is 9.26 Å². The van der Waals surface area contributed by atoms with E-state index in [1.807, 2.05) is 50.7 Å². The van der Waals surface area contributed by atoms with Crippen LogP contribution in [0, 0.1) is 0 Å². The van der Waals surface area contributed by atoms with Crippen molar-refractivity contribution < 1.29 is 14.1 Å². The van der Waals surface area contributed by atoms with Crippen molar-refractivity contribution in [2.75, 3.05) is 13.1 Å². The number of hydrogen-bond acceptors (Lipinski definition) is 5. The standard InChI is InChI=1S/C17H24N4O3/c1-17(2,3)23-16(22)21-10-5-7-12(11-21)15-18-14(19-24-15)13-8-6-9-20(13)4/h6,8-9,12H,5,7,10-11H2,1-4H3/t12-/m0/s1. The van der Waals surface area contributed by atoms with E-state index < -0.39 is 5.60 Å². The number of aryl methyl sites for hydroxylation is 1. The van der Waals surface area contributed by atoms with E-state index in [1.165, 1.54) is 0 Å². The van der Waals surface area contributed by atoms with Crippen molar-refractivity contribution in [1.29, 1.82) is 0 Å². The minimum absolute atomic E-state index is 0.0489. The highest BCUT2D eigenvalue weighted by Gasteiger charge is 2.31. The Morgan fingerprint density at radius 3 is 2.88 bits per heavy atom. The van der Waals surface area contributed by atoms with Gasteiger partial charge in [-0.15, -0.1) is 0 Å². The molecule has 130 valence electrons. The molecule has 0 saturated carbocycles. The summed E-state index contributed by atoms with van der Waals surface area (Å²) in [5.74, 6) is 1.21. The number of hydrogen-bond donors (Lipinski definition) is 0. The fourth-order valence-electron chi connectivity index (χ4n) is 2.87. The molecule has 1 aliphatic heterocycles. The molecule has 24 heavy (non-hydrogen) atoms. The van der Waals surface area contributed by atoms with Gasteiger partial charge in [-0.2, -0.15) is 4.98 Å². The van der Waals surface area contributed by atoms with Crippen LogP contribution in [0.1, 0.15) is 45.4 Å². The van der Waals surface area contributed by atoms with Gasteiger partial charge >= 0.3 is 6.09 Å². The van der Waals surface area contributed by atoms with Gasteiger partial charge < -0.3 is 18.7 Å². The van der Waals surface area contributed by atoms with Gasteiger partial charge in [-0.3, -0.25) is 0 Å². The van der Waals surface area contributed by atoms with Crippen LogP contribution in [0.3, 0.4) is 0 Å². The average molecular weight is 332 g/mol. The molecule has 1 amide bonds. The summed E-state index contributed by atoms with van der Waals surface area (Å²) in [6, 6.07) is 3.89. The van der Waals surface area contributed by atoms with Gasteiger partial charge in [-0.1, -0.05) is 5.16 Å². The monoisotopic (exact) mass is 332 g/mol. The first-order chi connectivity index (χ1) is 11.3. The molecule has 0 N–H and O–H groups in total. The summed E-state index contributed by atoms with van der Waals surface area (Å²) in [6.45, 7) is 6.86. The summed E-state index contributed by atoms with van der Waals surface area (Å²) < 4.78 is 12.9. The smallest absolute Gasteiger partial charge is 0.410 e. The van der Waals surface area contributed by atoms with Crippen LogP contribution in [0.4, 0.5) is 4.79 Å². The summed E-state index contributed by atoms with van der Waals surface area (Å²) >= 11 is 0. The zero-order chi connectivity index (χ0) is 17.3. The van der Waals surface area contributed by atoms with Crippen LogP contribution in [-0.2, 0) is 11.8 Å². The van der Waals surface area contributed by atoms with Gasteiger partial charge in [0, 0.05) is 26.3 Å². The van der Waals surface area contributed by atoms with Gasteiger partial charge in [0.05, 0.1) is 11.6 Å². The van der Waals surface area contributed by atoms with Gasteiger partial charge in [0.25, 0.3) is 0 Å². The van der Waals surface area contributed by atoms with Crippen LogP contribution >= 0.6 is 0 Å². The molecule has 0 unspecified atom stereocenters. The van der Waals surface area contributed by atoms with E-state index in [1.54, 1.807) is 4.90 Å². The zero-order valence-electron chi connectivity index (χ0n) is 14.7. The molecular weight excluding hydrogens is 308 g/mol. The summed E-state index contributed by atoms with van der Waals surface area (Å²) in [4.78, 5) is 18.5. The van der Waals surface area contributed by atoms with Crippen molar-refractivity contribution in [1.82, 2.24) is 19.6 Å². The second-order valence-corrected chi connectivity index (χ2v) is 7.23. The Kier molecular flexibility index (Phi) is 4.34. The summed E-state index contributed by atoms with van der Waals surface area (Å²) in [6.07, 6.45) is 3.48. The molecule has 2 aromatic rings. The van der Waals surface area contributed by atoms with E-state index >= 15 is 0 Å². The molecule has 0 aliphatic carbocycles. The van der Waals surface area contributed by atoms with Crippen molar-refractivity contribution in [3.05, 3.63) is 24.2 Å². The molecule has 1 saturated heterocycles. The van der Waals surface area contributed by atoms with Crippen LogP contribution in [0.25, 0.3) is 11.5 Å². The normalized spacial score (nSPS) is 18.7. The van der Waals surface area contributed by atoms with Gasteiger partial charge in [-0.05, 0) is 45.7 Å². The summed E-state index contributed by atoms with van der Waals surface area (Å²) in [5, 5.41) is 4.08. The first-order valence-corrected chi connectivity index (χ1v) is 8.27. The van der Waals surface area contributed by atoms with E-state index in [0.29, 0.717) is 24.8 Å². The number of nitrogens with zero attached hydrogens (tertiary/aromatic N) is 4. The second-order valence-electron chi connectivity index (χ2n) is 7.23. The van der Waals surface area contributed by atoms with Gasteiger partial charge in [-0.25, -0.2) is 4.79 Å². The first kappa shape index (κ1) is 16.5. The fourth-order valence-corrected chi connectivity index (χ4v) is 2.87. The maximum absolute atomic E-state index is 12.3. The van der Waals surface area contributed by atoms with Crippen molar-refractivity contribution in [3.8, 4) is 11.5 Å². The SMILES string of the molecule is Cn1cccc1-c1noc([C@H]2CCCN(C(=O)OC(C)(C)C)C2)n1. The highest BCUT2D eigenvalue weighted by Crippen LogP contribution is 2.28. The van der Waals surface area contributed by atoms with Gasteiger partial charge in [0.1, 0.15) is 5.60 Å². The Morgan fingerprint density at radius 1 is 1.42 bits per heavy atom. The van der Waals surface area contributed by atoms with Crippen LogP contribution in [0.2, 0.25) is 0 Å². The third-order valence-electron chi connectivity index (χ3n) is 4.04. The van der Waals surface area contributed by atoms with E-state index in [2.05, 4.69) is 10.1 Å². The van der Waals surface area contributed by atoms with Crippen LogP contribution < -0.4 is 0 Å². The quantitative estimate of drug-likeness (QED) is 0.844. The Balaban J connectivity index is 1.70. The maximum atomic E-state index is 12.3. The molecule has 3 heterocycles. The van der Waals surface area contributed by atoms with E-state index in [-0.39, 0.29) is 12.0 Å². The van der Waals surface area contributed by atoms with Crippen LogP contribution in [-0.4, -0.2) is 44.4 Å². The number of rotatable bonds is 2. The number of aromatic nitrogens is 3. The predicted octanol–water partition coefficient (Wildman–Crippen LogP) is 3.19. The lowest BCUT2D eigenvalue weighted by molar-refractivity contribution is 0.0189. The Bertz CT molecular complexity index is 713. The molecule has 1 fully saturated rings. The first-order valence-electron chi connectivity index (χ1n) is 8.27. The number of ether oxygens (including phenoxy) is 1. The molecule has 0 radical (unpaired) electrons. The van der Waals surface area contributed by atoms with Crippen LogP contribution in [0.5, 0.6) is 0 Å². The minimum Gasteiger partial charge on any atom is -0.444 e. The Hall–Kier alpha value is -2.31. The lowest BCUT2D eigenvalue weighted by atomic mass is 9.98. The predicted molar refractivity (Wildman–Crippen MR) is 88.5 cm³/mol. The molecule has 7 nitrogen and oxygen atoms in total. The van der Waals surface area contributed by atoms with Crippen molar-refractivity contribution in [3.63, 3.8) is 0 Å². The number of likely N-dealkylation sites (tertiary alicyclic amines) is 1. The highest BCUT2D eigenvalue weighted by atomic mass is 16.6. The molecule has 0 bridgehead atoms. The van der Waals surface area contributed by atoms with E-state index in [0.717, 1.165) is 18.5 Å². The fraction of sp³-hybridized carbons (Fsp3) is 0.588. The van der Waals surface area contributed by atoms with Crippen LogP contribution in [0.15, 0.2) is 22.9 Å². The summed E-state index contributed by atoms with van der Waals surface area (Å²) in [5.41, 5.74) is 0.415. The number of amides is 1. The molecule has 3 rings (SSSR count). The molecule has 0 spiro atoms. The topological polar surface area (TPSA) is 73.4 Å². The van der Waals surface area contributed by atoms with Gasteiger partial charge in [0.15, 0.2) is 0 Å². The average Bonchev–Trinajstić information content (AvgIpc) is 3.14. The molecular formula is C17H24N4O3. The van der Waals surface area contributed by atoms with Gasteiger partial charge in [0.2, 0.25) is 11.7 Å². The molecule has 1 aliphatic rings. The lowest BCUT2D eigenvalue weighted by Crippen LogP contribution is -2.42. The summed E-state index contributed by atoms with van der Waals surface area (Å²) in [7, 11) is 1.94. The lowest BCUT2D eigenvalue weighted by Gasteiger charge is -2.32. The van der Waals surface area contributed by atoms with Crippen molar-refractivity contribution in [2.45, 2.75) is 45.1 Å². The third-order valence-corrected chi connectivity index (χ3v) is 4.04. The maximum Gasteiger partial charge on any atom is 0.410 e. The highest BCUT2D eigenvalue weighted by molar-refractivity contribution is 5.68. The molecule has 0 aromatic carbocycles. The molecule has 7 heteroatoms. The Morgan fingerprint density at radius 2 is 2.21 bits per heavy atom. The number of piperidine rings is 1. The largest absolute Gasteiger partial charge is 0.444 e. The molecule has 2 aromatic heterocycles. The number of carbonyl (C=O) groups is 1. The van der Waals surface area contributed by atoms with Crippen molar-refractivity contribution in [2.24, 2.45) is 7.05 Å². The second kappa shape index (κ2) is 6.30. The third kappa shape index (κ3) is 3.60. The number of carbonyl (C=O) groups excluding carboxylic acids is 1. The van der Waals surface area contributed by atoms with E-state index in [9.17, 15) is 4.79 Å².